The monoisotopic (exact) mass is 231 g/mol. The molecular formula is C8H14AlNO5. The summed E-state index contributed by atoms with van der Waals surface area (Å²) in [5.74, 6) is -0.179. The van der Waals surface area contributed by atoms with Crippen LogP contribution in [0.5, 0.6) is 11.5 Å². The summed E-state index contributed by atoms with van der Waals surface area (Å²) in [6.45, 7) is 0.546. The van der Waals surface area contributed by atoms with Crippen LogP contribution in [-0.4, -0.2) is 50.5 Å². The van der Waals surface area contributed by atoms with Crippen molar-refractivity contribution in [2.24, 2.45) is 5.73 Å². The Hall–Kier alpha value is -0.808. The van der Waals surface area contributed by atoms with Crippen molar-refractivity contribution in [2.75, 3.05) is 6.54 Å². The molecule has 0 radical (unpaired) electrons. The van der Waals surface area contributed by atoms with Crippen molar-refractivity contribution in [2.45, 2.75) is 6.42 Å². The van der Waals surface area contributed by atoms with Crippen molar-refractivity contribution in [3.63, 3.8) is 0 Å². The zero-order valence-corrected chi connectivity index (χ0v) is 9.19. The molecule has 84 valence electrons. The van der Waals surface area contributed by atoms with E-state index in [2.05, 4.69) is 0 Å². The molecule has 0 aromatic heterocycles. The van der Waals surface area contributed by atoms with Crippen LogP contribution in [0.25, 0.3) is 0 Å². The predicted molar refractivity (Wildman–Crippen MR) is 54.1 cm³/mol. The molecule has 0 aliphatic heterocycles. The molecule has 7 N–H and O–H groups in total. The summed E-state index contributed by atoms with van der Waals surface area (Å²) in [6, 6.07) is 4.71. The summed E-state index contributed by atoms with van der Waals surface area (Å²) in [6.07, 6.45) is 0.716. The molecule has 0 spiro atoms. The largest absolute Gasteiger partial charge is 3.00 e. The molecule has 0 amide bonds. The average Bonchev–Trinajstić information content (AvgIpc) is 1.98. The second kappa shape index (κ2) is 11.3. The van der Waals surface area contributed by atoms with Gasteiger partial charge >= 0.3 is 17.4 Å². The molecule has 1 aromatic rings. The predicted octanol–water partition coefficient (Wildman–Crippen LogP) is -0.312. The number of phenolic OH excluding ortho intramolecular Hbond substituents is 2. The van der Waals surface area contributed by atoms with Gasteiger partial charge in [0.15, 0.2) is 11.5 Å². The maximum atomic E-state index is 9.04. The van der Waals surface area contributed by atoms with Gasteiger partial charge in [-0.2, -0.15) is 0 Å². The number of nitrogens with two attached hydrogens (primary N) is 1. The van der Waals surface area contributed by atoms with E-state index in [1.54, 1.807) is 6.07 Å². The van der Waals surface area contributed by atoms with E-state index in [-0.39, 0.29) is 45.3 Å². The summed E-state index contributed by atoms with van der Waals surface area (Å²) in [7, 11) is 0. The Morgan fingerprint density at radius 2 is 1.53 bits per heavy atom. The second-order valence-corrected chi connectivity index (χ2v) is 2.36. The topological polar surface area (TPSA) is 156 Å². The third-order valence-electron chi connectivity index (χ3n) is 1.47. The normalized spacial score (nSPS) is 7.27. The summed E-state index contributed by atoms with van der Waals surface area (Å²) in [5, 5.41) is 18.0. The van der Waals surface area contributed by atoms with Gasteiger partial charge in [-0.3, -0.25) is 0 Å². The zero-order valence-electron chi connectivity index (χ0n) is 8.04. The van der Waals surface area contributed by atoms with E-state index in [0.29, 0.717) is 13.0 Å². The van der Waals surface area contributed by atoms with Crippen LogP contribution in [0.2, 0.25) is 0 Å². The molecule has 15 heavy (non-hydrogen) atoms. The van der Waals surface area contributed by atoms with E-state index in [9.17, 15) is 0 Å². The number of benzene rings is 1. The Morgan fingerprint density at radius 3 is 1.93 bits per heavy atom. The SMILES string of the molecule is NCCc1ccc(O)c(O)c1.[Al+3].[OH-].[OH-].[OH-]. The van der Waals surface area contributed by atoms with Gasteiger partial charge in [-0.25, -0.2) is 0 Å². The van der Waals surface area contributed by atoms with Crippen molar-refractivity contribution in [3.8, 4) is 11.5 Å². The van der Waals surface area contributed by atoms with Gasteiger partial charge in [0.1, 0.15) is 0 Å². The first-order chi connectivity index (χ1) is 5.24. The van der Waals surface area contributed by atoms with Crippen LogP contribution < -0.4 is 5.73 Å². The van der Waals surface area contributed by atoms with Gasteiger partial charge in [-0.15, -0.1) is 0 Å². The minimum Gasteiger partial charge on any atom is -0.870 e. The average molecular weight is 231 g/mol. The maximum absolute atomic E-state index is 9.04. The fourth-order valence-corrected chi connectivity index (χ4v) is 0.891. The molecule has 0 bridgehead atoms. The number of rotatable bonds is 2. The fraction of sp³-hybridized carbons (Fsp3) is 0.250. The van der Waals surface area contributed by atoms with Crippen molar-refractivity contribution < 1.29 is 26.6 Å². The second-order valence-electron chi connectivity index (χ2n) is 2.36. The first kappa shape index (κ1) is 23.8. The van der Waals surface area contributed by atoms with Crippen LogP contribution >= 0.6 is 0 Å². The Bertz CT molecular complexity index is 259. The standard InChI is InChI=1S/C8H11NO2.Al.3H2O/c9-4-3-6-1-2-7(10)8(11)5-6;;;;/h1-2,5,10-11H,3-4,9H2;;3*1H2/q;+3;;;/p-3. The van der Waals surface area contributed by atoms with Crippen LogP contribution in [0.1, 0.15) is 5.56 Å². The Labute approximate surface area is 98.4 Å². The number of hydrogen-bond donors (Lipinski definition) is 3. The molecule has 0 unspecified atom stereocenters. The molecule has 0 aliphatic carbocycles. The Kier molecular flexibility index (Phi) is 17.9. The van der Waals surface area contributed by atoms with E-state index in [0.717, 1.165) is 5.56 Å². The van der Waals surface area contributed by atoms with Gasteiger partial charge in [0.2, 0.25) is 0 Å². The van der Waals surface area contributed by atoms with Crippen molar-refractivity contribution in [1.82, 2.24) is 0 Å². The molecule has 1 rings (SSSR count). The van der Waals surface area contributed by atoms with Crippen LogP contribution in [0.15, 0.2) is 18.2 Å². The molecule has 0 saturated heterocycles. The van der Waals surface area contributed by atoms with E-state index in [1.807, 2.05) is 0 Å². The summed E-state index contributed by atoms with van der Waals surface area (Å²) >= 11 is 0. The van der Waals surface area contributed by atoms with E-state index >= 15 is 0 Å². The summed E-state index contributed by atoms with van der Waals surface area (Å²) in [5.41, 5.74) is 6.24. The maximum Gasteiger partial charge on any atom is 3.00 e. The quantitative estimate of drug-likeness (QED) is 0.467. The molecule has 0 atom stereocenters. The van der Waals surface area contributed by atoms with Gasteiger partial charge < -0.3 is 32.4 Å². The van der Waals surface area contributed by atoms with E-state index in [1.165, 1.54) is 12.1 Å². The van der Waals surface area contributed by atoms with Crippen molar-refractivity contribution in [1.29, 1.82) is 0 Å². The van der Waals surface area contributed by atoms with Crippen LogP contribution in [0.4, 0.5) is 0 Å². The minimum atomic E-state index is -0.0919. The summed E-state index contributed by atoms with van der Waals surface area (Å²) in [4.78, 5) is 0. The van der Waals surface area contributed by atoms with Gasteiger partial charge in [-0.1, -0.05) is 6.07 Å². The molecular weight excluding hydrogens is 217 g/mol. The van der Waals surface area contributed by atoms with Crippen molar-refractivity contribution >= 4 is 17.4 Å². The van der Waals surface area contributed by atoms with Gasteiger partial charge in [0.05, 0.1) is 0 Å². The first-order valence-corrected chi connectivity index (χ1v) is 3.45. The third kappa shape index (κ3) is 7.16. The first-order valence-electron chi connectivity index (χ1n) is 3.45. The van der Waals surface area contributed by atoms with Crippen LogP contribution in [0, 0.1) is 0 Å². The fourth-order valence-electron chi connectivity index (χ4n) is 0.891. The minimum absolute atomic E-state index is 0. The summed E-state index contributed by atoms with van der Waals surface area (Å²) < 4.78 is 0. The van der Waals surface area contributed by atoms with Gasteiger partial charge in [-0.05, 0) is 30.7 Å². The molecule has 0 heterocycles. The van der Waals surface area contributed by atoms with E-state index < -0.39 is 0 Å². The Balaban J connectivity index is -0.000000151. The smallest absolute Gasteiger partial charge is 0.870 e. The molecule has 0 aliphatic rings. The molecule has 7 heteroatoms. The molecule has 0 saturated carbocycles. The Morgan fingerprint density at radius 1 is 1.00 bits per heavy atom. The number of phenols is 2. The zero-order chi connectivity index (χ0) is 8.27. The molecule has 1 aromatic carbocycles. The van der Waals surface area contributed by atoms with Gasteiger partial charge in [0.25, 0.3) is 0 Å². The van der Waals surface area contributed by atoms with Gasteiger partial charge in [0, 0.05) is 0 Å². The third-order valence-corrected chi connectivity index (χ3v) is 1.47. The molecule has 6 nitrogen and oxygen atoms in total. The molecule has 0 fully saturated rings. The van der Waals surface area contributed by atoms with Crippen LogP contribution in [0.3, 0.4) is 0 Å². The number of hydrogen-bond acceptors (Lipinski definition) is 6. The van der Waals surface area contributed by atoms with E-state index in [4.69, 9.17) is 15.9 Å². The van der Waals surface area contributed by atoms with Crippen molar-refractivity contribution in [3.05, 3.63) is 23.8 Å². The number of aromatic hydroxyl groups is 2. The van der Waals surface area contributed by atoms with Crippen LogP contribution in [-0.2, 0) is 6.42 Å².